The predicted molar refractivity (Wildman–Crippen MR) is 75.6 cm³/mol. The maximum absolute atomic E-state index is 14.2. The van der Waals surface area contributed by atoms with Crippen LogP contribution < -0.4 is 5.73 Å². The number of hydrogen-bond acceptors (Lipinski definition) is 2. The fourth-order valence-corrected chi connectivity index (χ4v) is 2.50. The number of halogens is 2. The first-order chi connectivity index (χ1) is 8.83. The zero-order valence-corrected chi connectivity index (χ0v) is 12.3. The Balaban J connectivity index is 2.39. The molecule has 1 aliphatic rings. The summed E-state index contributed by atoms with van der Waals surface area (Å²) in [4.78, 5) is 0. The van der Waals surface area contributed by atoms with Gasteiger partial charge in [0.25, 0.3) is 0 Å². The summed E-state index contributed by atoms with van der Waals surface area (Å²) in [6, 6.07) is 3.20. The first kappa shape index (κ1) is 14.2. The van der Waals surface area contributed by atoms with Crippen LogP contribution in [0.1, 0.15) is 37.8 Å². The molecular formula is C15H19ClFNO. The predicted octanol–water partition coefficient (Wildman–Crippen LogP) is 4.05. The summed E-state index contributed by atoms with van der Waals surface area (Å²) in [7, 11) is 0. The van der Waals surface area contributed by atoms with Gasteiger partial charge in [0, 0.05) is 10.4 Å². The standard InChI is InChI=1S/C15H19ClFNO/c1-9-4-5-15(3,8-19-14(9)18)11-6-10(2)12(16)7-13(11)17/h6-7H,4-5,8,18H2,1-3H3. The van der Waals surface area contributed by atoms with Gasteiger partial charge >= 0.3 is 0 Å². The molecule has 104 valence electrons. The Morgan fingerprint density at radius 1 is 1.37 bits per heavy atom. The van der Waals surface area contributed by atoms with Gasteiger partial charge in [0.15, 0.2) is 5.88 Å². The molecule has 2 nitrogen and oxygen atoms in total. The van der Waals surface area contributed by atoms with Crippen molar-refractivity contribution in [3.8, 4) is 0 Å². The lowest BCUT2D eigenvalue weighted by atomic mass is 9.78. The van der Waals surface area contributed by atoms with E-state index in [2.05, 4.69) is 0 Å². The molecule has 1 aromatic rings. The van der Waals surface area contributed by atoms with Crippen LogP contribution >= 0.6 is 11.6 Å². The van der Waals surface area contributed by atoms with E-state index in [1.54, 1.807) is 0 Å². The van der Waals surface area contributed by atoms with Gasteiger partial charge in [-0.1, -0.05) is 24.6 Å². The monoisotopic (exact) mass is 283 g/mol. The average Bonchev–Trinajstić information content (AvgIpc) is 2.48. The Kier molecular flexibility index (Phi) is 3.77. The highest BCUT2D eigenvalue weighted by Gasteiger charge is 2.33. The minimum Gasteiger partial charge on any atom is -0.478 e. The van der Waals surface area contributed by atoms with Gasteiger partial charge < -0.3 is 10.5 Å². The zero-order chi connectivity index (χ0) is 14.2. The van der Waals surface area contributed by atoms with Crippen LogP contribution in [0.2, 0.25) is 5.02 Å². The van der Waals surface area contributed by atoms with Crippen molar-refractivity contribution < 1.29 is 9.13 Å². The maximum atomic E-state index is 14.2. The molecule has 0 amide bonds. The zero-order valence-electron chi connectivity index (χ0n) is 11.5. The van der Waals surface area contributed by atoms with E-state index in [1.165, 1.54) is 6.07 Å². The van der Waals surface area contributed by atoms with Crippen LogP contribution in [0.5, 0.6) is 0 Å². The number of hydrogen-bond donors (Lipinski definition) is 1. The molecule has 2 N–H and O–H groups in total. The highest BCUT2D eigenvalue weighted by Crippen LogP contribution is 2.37. The van der Waals surface area contributed by atoms with Crippen molar-refractivity contribution >= 4 is 11.6 Å². The number of allylic oxidation sites excluding steroid dienone is 1. The smallest absolute Gasteiger partial charge is 0.182 e. The quantitative estimate of drug-likeness (QED) is 0.844. The molecule has 0 bridgehead atoms. The van der Waals surface area contributed by atoms with Crippen LogP contribution in [-0.2, 0) is 10.2 Å². The fraction of sp³-hybridized carbons (Fsp3) is 0.467. The van der Waals surface area contributed by atoms with Crippen molar-refractivity contribution in [2.24, 2.45) is 5.73 Å². The van der Waals surface area contributed by atoms with E-state index in [0.29, 0.717) is 23.1 Å². The molecule has 1 aromatic carbocycles. The van der Waals surface area contributed by atoms with Crippen LogP contribution in [-0.4, -0.2) is 6.61 Å². The lowest BCUT2D eigenvalue weighted by molar-refractivity contribution is 0.149. The van der Waals surface area contributed by atoms with Crippen LogP contribution in [0.15, 0.2) is 23.6 Å². The van der Waals surface area contributed by atoms with E-state index in [4.69, 9.17) is 22.1 Å². The molecule has 0 saturated carbocycles. The molecule has 0 saturated heterocycles. The van der Waals surface area contributed by atoms with Gasteiger partial charge in [0.1, 0.15) is 5.82 Å². The SMILES string of the molecule is CC1=C(N)OCC(C)(c2cc(C)c(Cl)cc2F)CC1. The van der Waals surface area contributed by atoms with Crippen molar-refractivity contribution in [1.29, 1.82) is 0 Å². The van der Waals surface area contributed by atoms with Crippen LogP contribution in [0.3, 0.4) is 0 Å². The third kappa shape index (κ3) is 2.71. The van der Waals surface area contributed by atoms with Gasteiger partial charge in [0.2, 0.25) is 0 Å². The minimum atomic E-state index is -0.387. The molecule has 1 unspecified atom stereocenters. The lowest BCUT2D eigenvalue weighted by Gasteiger charge is -2.29. The summed E-state index contributed by atoms with van der Waals surface area (Å²) in [6.07, 6.45) is 1.61. The van der Waals surface area contributed by atoms with Crippen molar-refractivity contribution in [3.63, 3.8) is 0 Å². The summed E-state index contributed by atoms with van der Waals surface area (Å²) < 4.78 is 19.8. The molecular weight excluding hydrogens is 265 g/mol. The van der Waals surface area contributed by atoms with Gasteiger partial charge in [-0.15, -0.1) is 0 Å². The number of benzene rings is 1. The van der Waals surface area contributed by atoms with Gasteiger partial charge in [-0.05, 0) is 49.5 Å². The van der Waals surface area contributed by atoms with Crippen molar-refractivity contribution in [1.82, 2.24) is 0 Å². The molecule has 0 fully saturated rings. The Morgan fingerprint density at radius 2 is 2.05 bits per heavy atom. The van der Waals surface area contributed by atoms with E-state index in [9.17, 15) is 4.39 Å². The Bertz CT molecular complexity index is 523. The second-order valence-corrected chi connectivity index (χ2v) is 5.98. The Hall–Kier alpha value is -1.22. The third-order valence-corrected chi connectivity index (χ3v) is 4.32. The maximum Gasteiger partial charge on any atom is 0.182 e. The summed E-state index contributed by atoms with van der Waals surface area (Å²) >= 11 is 5.95. The molecule has 0 radical (unpaired) electrons. The summed E-state index contributed by atoms with van der Waals surface area (Å²) in [5.41, 5.74) is 7.97. The van der Waals surface area contributed by atoms with Crippen molar-refractivity contribution in [2.45, 2.75) is 39.0 Å². The third-order valence-electron chi connectivity index (χ3n) is 3.92. The molecule has 2 rings (SSSR count). The number of nitrogens with two attached hydrogens (primary N) is 1. The number of aryl methyl sites for hydroxylation is 1. The van der Waals surface area contributed by atoms with E-state index in [0.717, 1.165) is 24.0 Å². The first-order valence-electron chi connectivity index (χ1n) is 6.37. The minimum absolute atomic E-state index is 0.278. The van der Waals surface area contributed by atoms with Crippen molar-refractivity contribution in [2.75, 3.05) is 6.61 Å². The topological polar surface area (TPSA) is 35.2 Å². The lowest BCUT2D eigenvalue weighted by Crippen LogP contribution is -2.29. The molecule has 4 heteroatoms. The highest BCUT2D eigenvalue weighted by atomic mass is 35.5. The summed E-state index contributed by atoms with van der Waals surface area (Å²) in [6.45, 7) is 6.22. The highest BCUT2D eigenvalue weighted by molar-refractivity contribution is 6.31. The first-order valence-corrected chi connectivity index (χ1v) is 6.75. The molecule has 1 atom stereocenters. The number of rotatable bonds is 1. The molecule has 1 heterocycles. The van der Waals surface area contributed by atoms with Crippen LogP contribution in [0, 0.1) is 12.7 Å². The van der Waals surface area contributed by atoms with Crippen LogP contribution in [0.4, 0.5) is 4.39 Å². The number of ether oxygens (including phenoxy) is 1. The van der Waals surface area contributed by atoms with Gasteiger partial charge in [0.05, 0.1) is 6.61 Å². The van der Waals surface area contributed by atoms with E-state index in [-0.39, 0.29) is 11.2 Å². The van der Waals surface area contributed by atoms with E-state index in [1.807, 2.05) is 26.8 Å². The molecule has 19 heavy (non-hydrogen) atoms. The van der Waals surface area contributed by atoms with E-state index >= 15 is 0 Å². The summed E-state index contributed by atoms with van der Waals surface area (Å²) in [5.74, 6) is 0.189. The molecule has 0 spiro atoms. The fourth-order valence-electron chi connectivity index (χ4n) is 2.35. The second kappa shape index (κ2) is 5.04. The van der Waals surface area contributed by atoms with Gasteiger partial charge in [-0.2, -0.15) is 0 Å². The average molecular weight is 284 g/mol. The Morgan fingerprint density at radius 3 is 2.74 bits per heavy atom. The largest absolute Gasteiger partial charge is 0.478 e. The molecule has 1 aliphatic heterocycles. The van der Waals surface area contributed by atoms with Crippen molar-refractivity contribution in [3.05, 3.63) is 45.6 Å². The second-order valence-electron chi connectivity index (χ2n) is 5.58. The summed E-state index contributed by atoms with van der Waals surface area (Å²) in [5, 5.41) is 0.452. The molecule has 0 aliphatic carbocycles. The van der Waals surface area contributed by atoms with E-state index < -0.39 is 0 Å². The van der Waals surface area contributed by atoms with Crippen LogP contribution in [0.25, 0.3) is 0 Å². The van der Waals surface area contributed by atoms with Gasteiger partial charge in [-0.3, -0.25) is 0 Å². The Labute approximate surface area is 118 Å². The van der Waals surface area contributed by atoms with Gasteiger partial charge in [-0.25, -0.2) is 4.39 Å². The molecule has 0 aromatic heterocycles. The normalized spacial score (nSPS) is 24.1.